The van der Waals surface area contributed by atoms with E-state index in [2.05, 4.69) is 10.3 Å². The summed E-state index contributed by atoms with van der Waals surface area (Å²) in [5, 5.41) is 3.22. The van der Waals surface area contributed by atoms with E-state index in [1.54, 1.807) is 18.3 Å². The number of nitrogens with zero attached hydrogens (tertiary/aromatic N) is 1. The second-order valence-corrected chi connectivity index (χ2v) is 6.27. The molecule has 0 spiro atoms. The predicted molar refractivity (Wildman–Crippen MR) is 105 cm³/mol. The van der Waals surface area contributed by atoms with Gasteiger partial charge in [0.1, 0.15) is 0 Å². The lowest BCUT2D eigenvalue weighted by Crippen LogP contribution is -2.11. The number of hydrogen-bond acceptors (Lipinski definition) is 4. The summed E-state index contributed by atoms with van der Waals surface area (Å²) in [4.78, 5) is 16.8. The van der Waals surface area contributed by atoms with Crippen molar-refractivity contribution in [3.8, 4) is 11.5 Å². The van der Waals surface area contributed by atoms with Crippen molar-refractivity contribution >= 4 is 35.3 Å². The highest BCUT2D eigenvalue weighted by Crippen LogP contribution is 2.39. The molecule has 0 aliphatic carbocycles. The van der Waals surface area contributed by atoms with Crippen LogP contribution >= 0.6 is 11.6 Å². The van der Waals surface area contributed by atoms with E-state index in [9.17, 15) is 4.79 Å². The molecule has 6 heteroatoms. The summed E-state index contributed by atoms with van der Waals surface area (Å²) in [5.74, 6) is 0.663. The van der Waals surface area contributed by atoms with Gasteiger partial charge in [0.15, 0.2) is 11.5 Å². The average Bonchev–Trinajstić information content (AvgIpc) is 3.17. The van der Waals surface area contributed by atoms with Gasteiger partial charge in [-0.15, -0.1) is 0 Å². The molecule has 1 amide bonds. The lowest BCUT2D eigenvalue weighted by Gasteiger charge is -2.08. The van der Waals surface area contributed by atoms with Crippen LogP contribution in [0.5, 0.6) is 11.5 Å². The Kier molecular flexibility index (Phi) is 4.77. The number of nitrogens with one attached hydrogen (secondary N) is 1. The molecule has 0 unspecified atom stereocenters. The Morgan fingerprint density at radius 3 is 2.85 bits per heavy atom. The molecule has 1 aliphatic rings. The summed E-state index contributed by atoms with van der Waals surface area (Å²) >= 11 is 6.15. The molecule has 2 aromatic carbocycles. The fourth-order valence-corrected chi connectivity index (χ4v) is 2.94. The minimum Gasteiger partial charge on any atom is -0.454 e. The molecule has 0 radical (unpaired) electrons. The van der Waals surface area contributed by atoms with E-state index in [1.807, 2.05) is 54.6 Å². The van der Waals surface area contributed by atoms with Crippen LogP contribution < -0.4 is 14.8 Å². The maximum Gasteiger partial charge on any atom is 0.255 e. The lowest BCUT2D eigenvalue weighted by atomic mass is 10.1. The maximum atomic E-state index is 12.6. The SMILES string of the molecule is O=C(Nc1cccc(/C=C/c2ccccn2)c1)c1cc(Cl)c2c(c1)OCO2. The highest BCUT2D eigenvalue weighted by molar-refractivity contribution is 6.32. The van der Waals surface area contributed by atoms with Crippen molar-refractivity contribution in [3.63, 3.8) is 0 Å². The molecule has 5 nitrogen and oxygen atoms in total. The van der Waals surface area contributed by atoms with Gasteiger partial charge >= 0.3 is 0 Å². The monoisotopic (exact) mass is 378 g/mol. The first-order valence-electron chi connectivity index (χ1n) is 8.29. The molecule has 1 aliphatic heterocycles. The molecule has 0 bridgehead atoms. The Labute approximate surface area is 161 Å². The summed E-state index contributed by atoms with van der Waals surface area (Å²) in [6.45, 7) is 0.102. The number of hydrogen-bond donors (Lipinski definition) is 1. The fraction of sp³-hybridized carbons (Fsp3) is 0.0476. The number of carbonyl (C=O) groups is 1. The topological polar surface area (TPSA) is 60.5 Å². The molecular formula is C21H15ClN2O3. The molecule has 3 aromatic rings. The quantitative estimate of drug-likeness (QED) is 0.702. The molecule has 1 aromatic heterocycles. The number of carbonyl (C=O) groups excluding carboxylic acids is 1. The van der Waals surface area contributed by atoms with Gasteiger partial charge < -0.3 is 14.8 Å². The normalized spacial score (nSPS) is 12.3. The van der Waals surface area contributed by atoms with Gasteiger partial charge in [-0.25, -0.2) is 0 Å². The van der Waals surface area contributed by atoms with E-state index in [4.69, 9.17) is 21.1 Å². The van der Waals surface area contributed by atoms with Gasteiger partial charge in [-0.05, 0) is 48.0 Å². The van der Waals surface area contributed by atoms with Crippen LogP contribution in [0, 0.1) is 0 Å². The molecule has 0 fully saturated rings. The number of benzene rings is 2. The number of aromatic nitrogens is 1. The summed E-state index contributed by atoms with van der Waals surface area (Å²) in [6.07, 6.45) is 5.60. The number of amides is 1. The van der Waals surface area contributed by atoms with Crippen molar-refractivity contribution < 1.29 is 14.3 Å². The van der Waals surface area contributed by atoms with Gasteiger partial charge in [0.25, 0.3) is 5.91 Å². The van der Waals surface area contributed by atoms with Crippen LogP contribution in [0.25, 0.3) is 12.2 Å². The van der Waals surface area contributed by atoms with Gasteiger partial charge in [-0.3, -0.25) is 9.78 Å². The third kappa shape index (κ3) is 3.93. The summed E-state index contributed by atoms with van der Waals surface area (Å²) in [5.41, 5.74) is 2.89. The van der Waals surface area contributed by atoms with Gasteiger partial charge in [0.05, 0.1) is 10.7 Å². The molecule has 134 valence electrons. The van der Waals surface area contributed by atoms with Crippen molar-refractivity contribution in [2.45, 2.75) is 0 Å². The number of anilines is 1. The van der Waals surface area contributed by atoms with Gasteiger partial charge in [0.2, 0.25) is 6.79 Å². The third-order valence-electron chi connectivity index (χ3n) is 3.97. The number of halogens is 1. The van der Waals surface area contributed by atoms with Crippen molar-refractivity contribution in [2.24, 2.45) is 0 Å². The first-order chi connectivity index (χ1) is 13.2. The number of rotatable bonds is 4. The Bertz CT molecular complexity index is 1020. The minimum absolute atomic E-state index is 0.102. The van der Waals surface area contributed by atoms with E-state index < -0.39 is 0 Å². The second-order valence-electron chi connectivity index (χ2n) is 5.86. The van der Waals surface area contributed by atoms with E-state index in [0.29, 0.717) is 27.8 Å². The Hall–Kier alpha value is -3.31. The van der Waals surface area contributed by atoms with Crippen LogP contribution in [0.4, 0.5) is 5.69 Å². The predicted octanol–water partition coefficient (Wildman–Crippen LogP) is 4.89. The number of ether oxygens (including phenoxy) is 2. The fourth-order valence-electron chi connectivity index (χ4n) is 2.68. The Morgan fingerprint density at radius 2 is 2.00 bits per heavy atom. The number of pyridine rings is 1. The van der Waals surface area contributed by atoms with Crippen LogP contribution in [0.1, 0.15) is 21.6 Å². The zero-order valence-corrected chi connectivity index (χ0v) is 14.9. The average molecular weight is 379 g/mol. The van der Waals surface area contributed by atoms with Gasteiger partial charge in [0, 0.05) is 17.4 Å². The van der Waals surface area contributed by atoms with Crippen LogP contribution in [-0.2, 0) is 0 Å². The van der Waals surface area contributed by atoms with Crippen molar-refractivity contribution in [1.29, 1.82) is 0 Å². The summed E-state index contributed by atoms with van der Waals surface area (Å²) in [6, 6.07) is 16.4. The van der Waals surface area contributed by atoms with E-state index in [-0.39, 0.29) is 12.7 Å². The highest BCUT2D eigenvalue weighted by Gasteiger charge is 2.20. The van der Waals surface area contributed by atoms with E-state index in [1.165, 1.54) is 0 Å². The van der Waals surface area contributed by atoms with E-state index >= 15 is 0 Å². The lowest BCUT2D eigenvalue weighted by molar-refractivity contribution is 0.102. The van der Waals surface area contributed by atoms with Crippen molar-refractivity contribution in [2.75, 3.05) is 12.1 Å². The Morgan fingerprint density at radius 1 is 1.07 bits per heavy atom. The van der Waals surface area contributed by atoms with Crippen LogP contribution in [0.3, 0.4) is 0 Å². The zero-order chi connectivity index (χ0) is 18.6. The largest absolute Gasteiger partial charge is 0.454 e. The number of fused-ring (bicyclic) bond motifs is 1. The van der Waals surface area contributed by atoms with Crippen LogP contribution in [0.2, 0.25) is 5.02 Å². The standard InChI is InChI=1S/C21H15ClN2O3/c22-18-11-15(12-19-20(18)27-13-26-19)21(25)24-17-6-3-4-14(10-17)7-8-16-5-1-2-9-23-16/h1-12H,13H2,(H,24,25)/b8-7+. The minimum atomic E-state index is -0.277. The Balaban J connectivity index is 1.51. The molecule has 2 heterocycles. The molecule has 0 atom stereocenters. The molecule has 0 saturated carbocycles. The second kappa shape index (κ2) is 7.51. The molecule has 27 heavy (non-hydrogen) atoms. The molecule has 0 saturated heterocycles. The third-order valence-corrected chi connectivity index (χ3v) is 4.25. The zero-order valence-electron chi connectivity index (χ0n) is 14.2. The maximum absolute atomic E-state index is 12.6. The van der Waals surface area contributed by atoms with Crippen molar-refractivity contribution in [1.82, 2.24) is 4.98 Å². The summed E-state index contributed by atoms with van der Waals surface area (Å²) in [7, 11) is 0. The highest BCUT2D eigenvalue weighted by atomic mass is 35.5. The van der Waals surface area contributed by atoms with Gasteiger partial charge in [-0.1, -0.05) is 35.9 Å². The van der Waals surface area contributed by atoms with Gasteiger partial charge in [-0.2, -0.15) is 0 Å². The molecule has 1 N–H and O–H groups in total. The summed E-state index contributed by atoms with van der Waals surface area (Å²) < 4.78 is 10.6. The first kappa shape index (κ1) is 17.1. The van der Waals surface area contributed by atoms with E-state index in [0.717, 1.165) is 11.3 Å². The first-order valence-corrected chi connectivity index (χ1v) is 8.66. The van der Waals surface area contributed by atoms with Crippen molar-refractivity contribution in [3.05, 3.63) is 82.6 Å². The molecular weight excluding hydrogens is 364 g/mol. The van der Waals surface area contributed by atoms with Crippen LogP contribution in [0.15, 0.2) is 60.8 Å². The smallest absolute Gasteiger partial charge is 0.255 e. The van der Waals surface area contributed by atoms with Crippen LogP contribution in [-0.4, -0.2) is 17.7 Å². The molecule has 4 rings (SSSR count).